The first-order valence-corrected chi connectivity index (χ1v) is 11.8. The van der Waals surface area contributed by atoms with Gasteiger partial charge < -0.3 is 14.2 Å². The van der Waals surface area contributed by atoms with Gasteiger partial charge in [-0.1, -0.05) is 13.0 Å². The van der Waals surface area contributed by atoms with E-state index in [1.54, 1.807) is 6.07 Å². The van der Waals surface area contributed by atoms with Crippen molar-refractivity contribution in [1.29, 1.82) is 0 Å². The number of benzene rings is 2. The van der Waals surface area contributed by atoms with Crippen LogP contribution in [0.5, 0.6) is 17.2 Å². The second-order valence-corrected chi connectivity index (χ2v) is 9.93. The first-order valence-electron chi connectivity index (χ1n) is 10.4. The lowest BCUT2D eigenvalue weighted by atomic mass is 9.82. The van der Waals surface area contributed by atoms with Crippen LogP contribution in [0.1, 0.15) is 42.1 Å². The Labute approximate surface area is 183 Å². The normalized spacial score (nSPS) is 18.4. The van der Waals surface area contributed by atoms with Crippen LogP contribution < -0.4 is 14.2 Å². The maximum absolute atomic E-state index is 13.2. The van der Waals surface area contributed by atoms with Gasteiger partial charge in [0, 0.05) is 32.0 Å². The Morgan fingerprint density at radius 1 is 1.03 bits per heavy atom. The molecule has 1 spiro atoms. The van der Waals surface area contributed by atoms with Crippen LogP contribution in [0.15, 0.2) is 41.3 Å². The molecular weight excluding hydrogens is 418 g/mol. The predicted octanol–water partition coefficient (Wildman–Crippen LogP) is 3.45. The smallest absolute Gasteiger partial charge is 0.243 e. The van der Waals surface area contributed by atoms with Crippen LogP contribution in [0.2, 0.25) is 0 Å². The molecule has 0 aromatic heterocycles. The van der Waals surface area contributed by atoms with Gasteiger partial charge >= 0.3 is 0 Å². The fourth-order valence-corrected chi connectivity index (χ4v) is 5.76. The highest BCUT2D eigenvalue weighted by Crippen LogP contribution is 2.41. The van der Waals surface area contributed by atoms with Crippen molar-refractivity contribution in [2.45, 2.75) is 43.1 Å². The Morgan fingerprint density at radius 2 is 1.74 bits per heavy atom. The lowest BCUT2D eigenvalue weighted by molar-refractivity contribution is 0.00588. The number of piperidine rings is 1. The molecule has 7 nitrogen and oxygen atoms in total. The van der Waals surface area contributed by atoms with Gasteiger partial charge in [-0.25, -0.2) is 8.42 Å². The van der Waals surface area contributed by atoms with Crippen LogP contribution in [0.3, 0.4) is 0 Å². The first kappa shape index (κ1) is 21.6. The van der Waals surface area contributed by atoms with Crippen LogP contribution in [0, 0.1) is 0 Å². The maximum Gasteiger partial charge on any atom is 0.243 e. The number of carbonyl (C=O) groups excluding carboxylic acids is 1. The second kappa shape index (κ2) is 8.16. The number of carbonyl (C=O) groups is 1. The van der Waals surface area contributed by atoms with Gasteiger partial charge in [-0.2, -0.15) is 4.31 Å². The van der Waals surface area contributed by atoms with Crippen LogP contribution in [-0.4, -0.2) is 51.4 Å². The van der Waals surface area contributed by atoms with E-state index in [0.29, 0.717) is 35.7 Å². The van der Waals surface area contributed by atoms with E-state index in [0.717, 1.165) is 12.0 Å². The lowest BCUT2D eigenvalue weighted by Crippen LogP contribution is -2.52. The molecule has 1 fully saturated rings. The zero-order chi connectivity index (χ0) is 22.2. The Bertz CT molecular complexity index is 1100. The summed E-state index contributed by atoms with van der Waals surface area (Å²) in [5.41, 5.74) is 1.08. The summed E-state index contributed by atoms with van der Waals surface area (Å²) in [7, 11) is -0.728. The number of sulfonamides is 1. The summed E-state index contributed by atoms with van der Waals surface area (Å²) in [5, 5.41) is 0. The zero-order valence-electron chi connectivity index (χ0n) is 18.0. The van der Waals surface area contributed by atoms with Gasteiger partial charge in [-0.3, -0.25) is 4.79 Å². The summed E-state index contributed by atoms with van der Waals surface area (Å²) in [6.45, 7) is 2.62. The summed E-state index contributed by atoms with van der Waals surface area (Å²) in [6.07, 6.45) is 2.05. The predicted molar refractivity (Wildman–Crippen MR) is 116 cm³/mol. The number of aryl methyl sites for hydroxylation is 1. The number of Topliss-reactive ketones (excluding diaryl/α,β-unsaturated/α-hetero) is 1. The molecular formula is C23H27NO6S. The van der Waals surface area contributed by atoms with E-state index >= 15 is 0 Å². The quantitative estimate of drug-likeness (QED) is 0.701. The number of ether oxygens (including phenoxy) is 3. The van der Waals surface area contributed by atoms with Gasteiger partial charge in [0.1, 0.15) is 11.4 Å². The van der Waals surface area contributed by atoms with Crippen molar-refractivity contribution in [1.82, 2.24) is 4.31 Å². The fourth-order valence-electron chi connectivity index (χ4n) is 4.30. The Morgan fingerprint density at radius 3 is 2.39 bits per heavy atom. The third kappa shape index (κ3) is 3.90. The maximum atomic E-state index is 13.2. The minimum atomic E-state index is -3.70. The molecule has 1 saturated heterocycles. The molecule has 0 atom stereocenters. The minimum Gasteiger partial charge on any atom is -0.493 e. The molecule has 2 aromatic rings. The van der Waals surface area contributed by atoms with E-state index in [1.165, 1.54) is 30.7 Å². The van der Waals surface area contributed by atoms with Crippen molar-refractivity contribution < 1.29 is 27.4 Å². The molecule has 0 N–H and O–H groups in total. The molecule has 2 aliphatic rings. The summed E-state index contributed by atoms with van der Waals surface area (Å²) < 4.78 is 44.5. The highest BCUT2D eigenvalue weighted by molar-refractivity contribution is 7.89. The van der Waals surface area contributed by atoms with Gasteiger partial charge in [0.05, 0.1) is 31.1 Å². The third-order valence-electron chi connectivity index (χ3n) is 6.19. The largest absolute Gasteiger partial charge is 0.493 e. The van der Waals surface area contributed by atoms with E-state index in [1.807, 2.05) is 25.1 Å². The summed E-state index contributed by atoms with van der Waals surface area (Å²) in [5.74, 6) is 1.50. The number of fused-ring (bicyclic) bond motifs is 1. The van der Waals surface area contributed by atoms with Crippen molar-refractivity contribution in [3.8, 4) is 17.2 Å². The number of nitrogens with zero attached hydrogens (tertiary/aromatic N) is 1. The monoisotopic (exact) mass is 445 g/mol. The number of rotatable bonds is 5. The van der Waals surface area contributed by atoms with E-state index in [4.69, 9.17) is 14.2 Å². The van der Waals surface area contributed by atoms with E-state index < -0.39 is 15.6 Å². The molecule has 166 valence electrons. The topological polar surface area (TPSA) is 82.1 Å². The van der Waals surface area contributed by atoms with Gasteiger partial charge in [0.15, 0.2) is 17.3 Å². The fraction of sp³-hybridized carbons (Fsp3) is 0.435. The Balaban J connectivity index is 1.52. The number of hydrogen-bond acceptors (Lipinski definition) is 6. The van der Waals surface area contributed by atoms with Gasteiger partial charge in [-0.05, 0) is 36.2 Å². The highest BCUT2D eigenvalue weighted by atomic mass is 32.2. The second-order valence-electron chi connectivity index (χ2n) is 7.99. The molecule has 0 unspecified atom stereocenters. The van der Waals surface area contributed by atoms with Gasteiger partial charge in [-0.15, -0.1) is 0 Å². The molecule has 4 rings (SSSR count). The number of hydrogen-bond donors (Lipinski definition) is 0. The number of ketones is 1. The average molecular weight is 446 g/mol. The molecule has 0 bridgehead atoms. The van der Waals surface area contributed by atoms with Gasteiger partial charge in [0.25, 0.3) is 0 Å². The Kier molecular flexibility index (Phi) is 5.70. The molecule has 2 aliphatic heterocycles. The summed E-state index contributed by atoms with van der Waals surface area (Å²) in [6, 6.07) is 10.3. The zero-order valence-corrected chi connectivity index (χ0v) is 18.8. The molecule has 0 aliphatic carbocycles. The van der Waals surface area contributed by atoms with Crippen LogP contribution in [0.4, 0.5) is 0 Å². The van der Waals surface area contributed by atoms with Crippen molar-refractivity contribution in [2.24, 2.45) is 0 Å². The lowest BCUT2D eigenvalue weighted by Gasteiger charge is -2.43. The van der Waals surface area contributed by atoms with Crippen molar-refractivity contribution in [3.63, 3.8) is 0 Å². The van der Waals surface area contributed by atoms with Crippen LogP contribution >= 0.6 is 0 Å². The van der Waals surface area contributed by atoms with Crippen molar-refractivity contribution in [2.75, 3.05) is 27.3 Å². The van der Waals surface area contributed by atoms with Crippen molar-refractivity contribution in [3.05, 3.63) is 47.5 Å². The molecule has 2 heterocycles. The van der Waals surface area contributed by atoms with Crippen LogP contribution in [-0.2, 0) is 16.4 Å². The standard InChI is InChI=1S/C23H27NO6S/c1-4-16-5-7-20-18(13-16)19(25)15-23(30-20)9-11-24(12-10-23)31(26,27)17-6-8-21(28-2)22(14-17)29-3/h5-8,13-14H,4,9-12,15H2,1-3H3. The highest BCUT2D eigenvalue weighted by Gasteiger charge is 2.45. The van der Waals surface area contributed by atoms with Gasteiger partial charge in [0.2, 0.25) is 10.0 Å². The van der Waals surface area contributed by atoms with Crippen LogP contribution in [0.25, 0.3) is 0 Å². The molecule has 2 aromatic carbocycles. The molecule has 0 radical (unpaired) electrons. The Hall–Kier alpha value is -2.58. The third-order valence-corrected chi connectivity index (χ3v) is 8.08. The molecule has 0 amide bonds. The number of methoxy groups -OCH3 is 2. The molecule has 8 heteroatoms. The minimum absolute atomic E-state index is 0.0627. The first-order chi connectivity index (χ1) is 14.8. The van der Waals surface area contributed by atoms with Crippen molar-refractivity contribution >= 4 is 15.8 Å². The summed E-state index contributed by atoms with van der Waals surface area (Å²) in [4.78, 5) is 13.0. The molecule has 31 heavy (non-hydrogen) atoms. The SMILES string of the molecule is CCc1ccc2c(c1)C(=O)CC1(CCN(S(=O)(=O)c3ccc(OC)c(OC)c3)CC1)O2. The molecule has 0 saturated carbocycles. The summed E-state index contributed by atoms with van der Waals surface area (Å²) >= 11 is 0. The van der Waals surface area contributed by atoms with E-state index in [2.05, 4.69) is 0 Å². The van der Waals surface area contributed by atoms with E-state index in [-0.39, 0.29) is 30.2 Å². The average Bonchev–Trinajstić information content (AvgIpc) is 2.78. The van der Waals surface area contributed by atoms with E-state index in [9.17, 15) is 13.2 Å².